The van der Waals surface area contributed by atoms with Crippen molar-refractivity contribution in [2.75, 3.05) is 25.0 Å². The van der Waals surface area contributed by atoms with E-state index in [2.05, 4.69) is 10.6 Å². The first-order chi connectivity index (χ1) is 15.3. The molecular formula is C25H38N4O3. The summed E-state index contributed by atoms with van der Waals surface area (Å²) in [5, 5.41) is 5.66. The number of urea groups is 1. The van der Waals surface area contributed by atoms with Crippen molar-refractivity contribution < 1.29 is 14.4 Å². The number of nitrogens with one attached hydrogen (secondary N) is 2. The van der Waals surface area contributed by atoms with E-state index >= 15 is 0 Å². The standard InChI is InChI=1S/C25H38N4O3/c1-17(2)22(27-25(32)26-21-12-10-18(3)11-13-21)24(31)28-14-15-29(19(4)16-28)23(30)20-8-6-5-7-9-20/h10-13,17,19-20,22H,5-9,14-16H2,1-4H3,(H2,26,27,32). The maximum atomic E-state index is 13.3. The molecule has 1 aliphatic carbocycles. The SMILES string of the molecule is Cc1ccc(NC(=O)NC(C(=O)N2CCN(C(=O)C3CCCCC3)C(C)C2)C(C)C)cc1. The van der Waals surface area contributed by atoms with Crippen LogP contribution in [0.2, 0.25) is 0 Å². The highest BCUT2D eigenvalue weighted by Crippen LogP contribution is 2.27. The van der Waals surface area contributed by atoms with Crippen LogP contribution in [0.15, 0.2) is 24.3 Å². The molecule has 176 valence electrons. The second-order valence-electron chi connectivity index (χ2n) is 9.69. The lowest BCUT2D eigenvalue weighted by atomic mass is 9.87. The van der Waals surface area contributed by atoms with E-state index in [-0.39, 0.29) is 35.7 Å². The molecule has 1 saturated carbocycles. The Balaban J connectivity index is 1.57. The van der Waals surface area contributed by atoms with Gasteiger partial charge in [-0.05, 0) is 44.7 Å². The minimum Gasteiger partial charge on any atom is -0.337 e. The number of nitrogens with zero attached hydrogens (tertiary/aromatic N) is 2. The minimum absolute atomic E-state index is 0.0173. The summed E-state index contributed by atoms with van der Waals surface area (Å²) in [6.45, 7) is 9.43. The van der Waals surface area contributed by atoms with Gasteiger partial charge in [-0.3, -0.25) is 9.59 Å². The summed E-state index contributed by atoms with van der Waals surface area (Å²) >= 11 is 0. The molecule has 2 unspecified atom stereocenters. The average Bonchev–Trinajstić information content (AvgIpc) is 2.78. The molecule has 0 aromatic heterocycles. The van der Waals surface area contributed by atoms with Crippen LogP contribution in [0.4, 0.5) is 10.5 Å². The van der Waals surface area contributed by atoms with Gasteiger partial charge in [0.1, 0.15) is 6.04 Å². The summed E-state index contributed by atoms with van der Waals surface area (Å²) in [5.74, 6) is 0.253. The van der Waals surface area contributed by atoms with Gasteiger partial charge in [-0.2, -0.15) is 0 Å². The van der Waals surface area contributed by atoms with E-state index in [0.717, 1.165) is 31.2 Å². The number of amides is 4. The summed E-state index contributed by atoms with van der Waals surface area (Å²) in [6, 6.07) is 6.51. The van der Waals surface area contributed by atoms with Gasteiger partial charge in [0.05, 0.1) is 0 Å². The van der Waals surface area contributed by atoms with Crippen LogP contribution >= 0.6 is 0 Å². The molecule has 0 radical (unpaired) electrons. The molecule has 4 amide bonds. The number of aryl methyl sites for hydroxylation is 1. The lowest BCUT2D eigenvalue weighted by Crippen LogP contribution is -2.60. The molecule has 7 nitrogen and oxygen atoms in total. The van der Waals surface area contributed by atoms with Crippen molar-refractivity contribution in [3.63, 3.8) is 0 Å². The molecular weight excluding hydrogens is 404 g/mol. The number of carbonyl (C=O) groups excluding carboxylic acids is 3. The molecule has 1 aromatic rings. The number of carbonyl (C=O) groups is 3. The number of rotatable bonds is 5. The van der Waals surface area contributed by atoms with Crippen LogP contribution in [-0.4, -0.2) is 59.4 Å². The third kappa shape index (κ3) is 6.02. The zero-order chi connectivity index (χ0) is 23.3. The van der Waals surface area contributed by atoms with Gasteiger partial charge in [-0.25, -0.2) is 4.79 Å². The Kier molecular flexibility index (Phi) is 8.15. The second kappa shape index (κ2) is 10.8. The number of hydrogen-bond donors (Lipinski definition) is 2. The Bertz CT molecular complexity index is 802. The summed E-state index contributed by atoms with van der Waals surface area (Å²) in [5.41, 5.74) is 1.80. The predicted octanol–water partition coefficient (Wildman–Crippen LogP) is 3.78. The van der Waals surface area contributed by atoms with E-state index in [1.165, 1.54) is 6.42 Å². The van der Waals surface area contributed by atoms with Gasteiger partial charge in [0.25, 0.3) is 0 Å². The van der Waals surface area contributed by atoms with Gasteiger partial charge in [-0.1, -0.05) is 50.8 Å². The van der Waals surface area contributed by atoms with Crippen LogP contribution in [-0.2, 0) is 9.59 Å². The van der Waals surface area contributed by atoms with Gasteiger partial charge in [-0.15, -0.1) is 0 Å². The highest BCUT2D eigenvalue weighted by atomic mass is 16.2. The molecule has 2 N–H and O–H groups in total. The summed E-state index contributed by atoms with van der Waals surface area (Å²) in [4.78, 5) is 42.5. The topological polar surface area (TPSA) is 81.8 Å². The highest BCUT2D eigenvalue weighted by Gasteiger charge is 2.36. The first-order valence-corrected chi connectivity index (χ1v) is 12.0. The number of hydrogen-bond acceptors (Lipinski definition) is 3. The van der Waals surface area contributed by atoms with E-state index in [1.807, 2.05) is 56.9 Å². The fourth-order valence-corrected chi connectivity index (χ4v) is 4.72. The fraction of sp³-hybridized carbons (Fsp3) is 0.640. The van der Waals surface area contributed by atoms with E-state index in [1.54, 1.807) is 4.90 Å². The summed E-state index contributed by atoms with van der Waals surface area (Å²) in [6.07, 6.45) is 5.47. The lowest BCUT2D eigenvalue weighted by Gasteiger charge is -2.43. The van der Waals surface area contributed by atoms with Crippen molar-refractivity contribution in [1.82, 2.24) is 15.1 Å². The first-order valence-electron chi connectivity index (χ1n) is 12.0. The molecule has 32 heavy (non-hydrogen) atoms. The molecule has 7 heteroatoms. The predicted molar refractivity (Wildman–Crippen MR) is 126 cm³/mol. The summed E-state index contributed by atoms with van der Waals surface area (Å²) < 4.78 is 0. The monoisotopic (exact) mass is 442 g/mol. The zero-order valence-corrected chi connectivity index (χ0v) is 19.9. The molecule has 1 aromatic carbocycles. The molecule has 1 aliphatic heterocycles. The van der Waals surface area contributed by atoms with Crippen molar-refractivity contribution >= 4 is 23.5 Å². The number of piperazine rings is 1. The Morgan fingerprint density at radius 1 is 1.00 bits per heavy atom. The summed E-state index contributed by atoms with van der Waals surface area (Å²) in [7, 11) is 0. The Morgan fingerprint density at radius 3 is 2.25 bits per heavy atom. The number of benzene rings is 1. The Hall–Kier alpha value is -2.57. The number of anilines is 1. The molecule has 2 atom stereocenters. The van der Waals surface area contributed by atoms with E-state index < -0.39 is 6.04 Å². The van der Waals surface area contributed by atoms with Crippen LogP contribution in [0.1, 0.15) is 58.4 Å². The Morgan fingerprint density at radius 2 is 1.66 bits per heavy atom. The van der Waals surface area contributed by atoms with Crippen molar-refractivity contribution in [3.8, 4) is 0 Å². The molecule has 3 rings (SSSR count). The van der Waals surface area contributed by atoms with Crippen LogP contribution in [0.3, 0.4) is 0 Å². The molecule has 2 aliphatic rings. The van der Waals surface area contributed by atoms with Gasteiger partial charge in [0, 0.05) is 37.3 Å². The van der Waals surface area contributed by atoms with Crippen molar-refractivity contribution in [2.24, 2.45) is 11.8 Å². The lowest BCUT2D eigenvalue weighted by molar-refractivity contribution is -0.147. The van der Waals surface area contributed by atoms with Gasteiger partial charge in [0.15, 0.2) is 0 Å². The fourth-order valence-electron chi connectivity index (χ4n) is 4.72. The minimum atomic E-state index is -0.617. The van der Waals surface area contributed by atoms with Crippen LogP contribution in [0, 0.1) is 18.8 Å². The smallest absolute Gasteiger partial charge is 0.319 e. The zero-order valence-electron chi connectivity index (χ0n) is 19.9. The molecule has 2 fully saturated rings. The maximum absolute atomic E-state index is 13.3. The second-order valence-corrected chi connectivity index (χ2v) is 9.69. The van der Waals surface area contributed by atoms with E-state index in [9.17, 15) is 14.4 Å². The van der Waals surface area contributed by atoms with E-state index in [0.29, 0.717) is 25.3 Å². The van der Waals surface area contributed by atoms with Crippen molar-refractivity contribution in [2.45, 2.75) is 71.9 Å². The van der Waals surface area contributed by atoms with Crippen molar-refractivity contribution in [1.29, 1.82) is 0 Å². The third-order valence-electron chi connectivity index (χ3n) is 6.71. The molecule has 0 bridgehead atoms. The average molecular weight is 443 g/mol. The molecule has 1 saturated heterocycles. The van der Waals surface area contributed by atoms with Gasteiger partial charge < -0.3 is 20.4 Å². The van der Waals surface area contributed by atoms with Crippen LogP contribution in [0.5, 0.6) is 0 Å². The normalized spacial score (nSPS) is 20.7. The Labute approximate surface area is 191 Å². The molecule has 0 spiro atoms. The third-order valence-corrected chi connectivity index (χ3v) is 6.71. The van der Waals surface area contributed by atoms with Gasteiger partial charge in [0.2, 0.25) is 11.8 Å². The first kappa shape index (κ1) is 24.1. The van der Waals surface area contributed by atoms with Crippen LogP contribution < -0.4 is 10.6 Å². The van der Waals surface area contributed by atoms with E-state index in [4.69, 9.17) is 0 Å². The van der Waals surface area contributed by atoms with Crippen molar-refractivity contribution in [3.05, 3.63) is 29.8 Å². The highest BCUT2D eigenvalue weighted by molar-refractivity contribution is 5.94. The maximum Gasteiger partial charge on any atom is 0.319 e. The molecule has 1 heterocycles. The largest absolute Gasteiger partial charge is 0.337 e. The quantitative estimate of drug-likeness (QED) is 0.728. The van der Waals surface area contributed by atoms with Crippen LogP contribution in [0.25, 0.3) is 0 Å². The van der Waals surface area contributed by atoms with Gasteiger partial charge >= 0.3 is 6.03 Å².